The zero-order valence-electron chi connectivity index (χ0n) is 8.23. The molecule has 0 spiro atoms. The molecule has 0 fully saturated rings. The molecule has 2 heteroatoms. The van der Waals surface area contributed by atoms with E-state index in [0.717, 1.165) is 12.8 Å². The van der Waals surface area contributed by atoms with Crippen LogP contribution in [0.1, 0.15) is 18.4 Å². The Labute approximate surface area is 88.6 Å². The van der Waals surface area contributed by atoms with Gasteiger partial charge in [-0.2, -0.15) is 0 Å². The summed E-state index contributed by atoms with van der Waals surface area (Å²) in [6, 6.07) is 5.00. The zero-order chi connectivity index (χ0) is 10.1. The Morgan fingerprint density at radius 3 is 3.20 bits per heavy atom. The van der Waals surface area contributed by atoms with Crippen LogP contribution >= 0.6 is 0 Å². The first-order valence-corrected chi connectivity index (χ1v) is 5.01. The molecule has 0 aromatic carbocycles. The van der Waals surface area contributed by atoms with Gasteiger partial charge in [-0.3, -0.25) is 4.98 Å². The third-order valence-electron chi connectivity index (χ3n) is 2.79. The maximum absolute atomic E-state index is 5.17. The second-order valence-corrected chi connectivity index (χ2v) is 3.65. The molecule has 1 aliphatic heterocycles. The number of pyridine rings is 1. The fourth-order valence-corrected chi connectivity index (χ4v) is 2.07. The molecule has 1 aliphatic carbocycles. The molecule has 1 aromatic rings. The molecule has 15 heavy (non-hydrogen) atoms. The summed E-state index contributed by atoms with van der Waals surface area (Å²) in [6.07, 6.45) is 11.3. The van der Waals surface area contributed by atoms with Crippen molar-refractivity contribution in [1.82, 2.24) is 4.98 Å². The predicted molar refractivity (Wildman–Crippen MR) is 57.5 cm³/mol. The molecule has 2 nitrogen and oxygen atoms in total. The lowest BCUT2D eigenvalue weighted by molar-refractivity contribution is 0.393. The smallest absolute Gasteiger partial charge is 0.0939 e. The van der Waals surface area contributed by atoms with Gasteiger partial charge in [0.1, 0.15) is 0 Å². The van der Waals surface area contributed by atoms with Crippen LogP contribution in [0, 0.1) is 6.07 Å². The first kappa shape index (κ1) is 8.48. The molecule has 1 radical (unpaired) electrons. The minimum Gasteiger partial charge on any atom is -0.472 e. The van der Waals surface area contributed by atoms with Gasteiger partial charge in [-0.1, -0.05) is 0 Å². The van der Waals surface area contributed by atoms with E-state index in [1.807, 2.05) is 24.6 Å². The minimum absolute atomic E-state index is 1.06. The van der Waals surface area contributed by atoms with Gasteiger partial charge in [0.2, 0.25) is 0 Å². The zero-order valence-corrected chi connectivity index (χ0v) is 8.23. The monoisotopic (exact) mass is 196 g/mol. The highest BCUT2D eigenvalue weighted by Gasteiger charge is 2.20. The molecule has 2 heterocycles. The molecule has 0 bridgehead atoms. The molecule has 0 saturated heterocycles. The van der Waals surface area contributed by atoms with Gasteiger partial charge in [-0.25, -0.2) is 0 Å². The van der Waals surface area contributed by atoms with Crippen molar-refractivity contribution in [2.75, 3.05) is 0 Å². The molecular weight excluding hydrogens is 186 g/mol. The number of allylic oxidation sites excluding steroid dienone is 4. The Kier molecular flexibility index (Phi) is 1.91. The van der Waals surface area contributed by atoms with Crippen molar-refractivity contribution in [3.63, 3.8) is 0 Å². The summed E-state index contributed by atoms with van der Waals surface area (Å²) < 4.78 is 5.17. The molecule has 0 atom stereocenters. The van der Waals surface area contributed by atoms with Crippen LogP contribution in [0.4, 0.5) is 0 Å². The Bertz CT molecular complexity index is 469. The summed E-state index contributed by atoms with van der Waals surface area (Å²) in [5.74, 6) is 0. The Morgan fingerprint density at radius 2 is 2.33 bits per heavy atom. The molecular formula is C13H10NO. The van der Waals surface area contributed by atoms with Gasteiger partial charge < -0.3 is 4.74 Å². The molecule has 73 valence electrons. The average molecular weight is 196 g/mol. The molecule has 2 aliphatic rings. The van der Waals surface area contributed by atoms with E-state index in [0.29, 0.717) is 0 Å². The summed E-state index contributed by atoms with van der Waals surface area (Å²) in [5.41, 5.74) is 5.10. The number of nitrogens with zero attached hydrogens (tertiary/aromatic N) is 1. The third-order valence-corrected chi connectivity index (χ3v) is 2.79. The average Bonchev–Trinajstić information content (AvgIpc) is 2.74. The van der Waals surface area contributed by atoms with Gasteiger partial charge in [0, 0.05) is 18.5 Å². The normalized spacial score (nSPS) is 18.5. The fraction of sp³-hybridized carbons (Fsp3) is 0.154. The first-order valence-electron chi connectivity index (χ1n) is 5.01. The highest BCUT2D eigenvalue weighted by molar-refractivity contribution is 5.78. The lowest BCUT2D eigenvalue weighted by atomic mass is 10.0. The molecule has 3 rings (SSSR count). The van der Waals surface area contributed by atoms with E-state index in [1.165, 1.54) is 22.3 Å². The van der Waals surface area contributed by atoms with E-state index in [9.17, 15) is 0 Å². The Morgan fingerprint density at radius 1 is 1.33 bits per heavy atom. The lowest BCUT2D eigenvalue weighted by Crippen LogP contribution is -1.89. The molecule has 0 N–H and O–H groups in total. The van der Waals surface area contributed by atoms with Crippen molar-refractivity contribution in [3.05, 3.63) is 59.8 Å². The van der Waals surface area contributed by atoms with Crippen LogP contribution in [0.2, 0.25) is 0 Å². The highest BCUT2D eigenvalue weighted by atomic mass is 16.5. The van der Waals surface area contributed by atoms with Crippen LogP contribution in [0.15, 0.2) is 48.2 Å². The first-order chi connectivity index (χ1) is 7.45. The number of fused-ring (bicyclic) bond motifs is 1. The third kappa shape index (κ3) is 1.38. The van der Waals surface area contributed by atoms with Crippen LogP contribution in [-0.4, -0.2) is 4.98 Å². The SMILES string of the molecule is [c]1cncc(C2=C3C=COC=C3CC2)c1. The second-order valence-electron chi connectivity index (χ2n) is 3.65. The van der Waals surface area contributed by atoms with Crippen molar-refractivity contribution in [2.24, 2.45) is 0 Å². The standard InChI is InChI=1S/C13H10NO/c1-2-10(8-14-6-1)12-4-3-11-9-15-7-5-13(11)12/h2,5-9H,3-4H2. The van der Waals surface area contributed by atoms with Crippen molar-refractivity contribution in [3.8, 4) is 0 Å². The van der Waals surface area contributed by atoms with Crippen LogP contribution in [-0.2, 0) is 4.74 Å². The fourth-order valence-electron chi connectivity index (χ4n) is 2.07. The number of aromatic nitrogens is 1. The predicted octanol–water partition coefficient (Wildman–Crippen LogP) is 2.86. The van der Waals surface area contributed by atoms with Crippen LogP contribution < -0.4 is 0 Å². The van der Waals surface area contributed by atoms with Gasteiger partial charge in [-0.05, 0) is 47.3 Å². The van der Waals surface area contributed by atoms with Gasteiger partial charge >= 0.3 is 0 Å². The van der Waals surface area contributed by atoms with Crippen molar-refractivity contribution >= 4 is 5.57 Å². The van der Waals surface area contributed by atoms with E-state index in [-0.39, 0.29) is 0 Å². The number of hydrogen-bond acceptors (Lipinski definition) is 2. The van der Waals surface area contributed by atoms with E-state index < -0.39 is 0 Å². The van der Waals surface area contributed by atoms with Crippen LogP contribution in [0.3, 0.4) is 0 Å². The second kappa shape index (κ2) is 3.39. The summed E-state index contributed by atoms with van der Waals surface area (Å²) in [5, 5.41) is 0. The highest BCUT2D eigenvalue weighted by Crippen LogP contribution is 2.39. The van der Waals surface area contributed by atoms with Crippen LogP contribution in [0.25, 0.3) is 5.57 Å². The summed E-state index contributed by atoms with van der Waals surface area (Å²) in [4.78, 5) is 4.10. The number of rotatable bonds is 1. The van der Waals surface area contributed by atoms with Gasteiger partial charge in [-0.15, -0.1) is 0 Å². The van der Waals surface area contributed by atoms with Crippen molar-refractivity contribution in [1.29, 1.82) is 0 Å². The molecule has 0 unspecified atom stereocenters. The lowest BCUT2D eigenvalue weighted by Gasteiger charge is -2.07. The quantitative estimate of drug-likeness (QED) is 0.689. The molecule has 1 aromatic heterocycles. The summed E-state index contributed by atoms with van der Waals surface area (Å²) >= 11 is 0. The molecule has 0 amide bonds. The minimum atomic E-state index is 1.06. The van der Waals surface area contributed by atoms with E-state index in [1.54, 1.807) is 12.5 Å². The number of hydrogen-bond donors (Lipinski definition) is 0. The molecule has 0 saturated carbocycles. The Hall–Kier alpha value is -1.83. The maximum Gasteiger partial charge on any atom is 0.0939 e. The van der Waals surface area contributed by atoms with Crippen molar-refractivity contribution in [2.45, 2.75) is 12.8 Å². The number of ether oxygens (including phenoxy) is 1. The van der Waals surface area contributed by atoms with Gasteiger partial charge in [0.25, 0.3) is 0 Å². The van der Waals surface area contributed by atoms with Gasteiger partial charge in [0.05, 0.1) is 12.5 Å². The topological polar surface area (TPSA) is 22.1 Å². The van der Waals surface area contributed by atoms with E-state index in [4.69, 9.17) is 4.74 Å². The largest absolute Gasteiger partial charge is 0.472 e. The Balaban J connectivity index is 2.10. The summed E-state index contributed by atoms with van der Waals surface area (Å²) in [7, 11) is 0. The summed E-state index contributed by atoms with van der Waals surface area (Å²) in [6.45, 7) is 0. The van der Waals surface area contributed by atoms with E-state index >= 15 is 0 Å². The van der Waals surface area contributed by atoms with Crippen LogP contribution in [0.5, 0.6) is 0 Å². The van der Waals surface area contributed by atoms with E-state index in [2.05, 4.69) is 11.1 Å². The maximum atomic E-state index is 5.17. The van der Waals surface area contributed by atoms with Crippen molar-refractivity contribution < 1.29 is 4.74 Å². The van der Waals surface area contributed by atoms with Gasteiger partial charge in [0.15, 0.2) is 0 Å².